The predicted octanol–water partition coefficient (Wildman–Crippen LogP) is 1.02. The van der Waals surface area contributed by atoms with E-state index >= 15 is 0 Å². The van der Waals surface area contributed by atoms with E-state index in [-0.39, 0.29) is 11.8 Å². The Hall–Kier alpha value is -0.710. The number of carboxylic acids is 1. The molecule has 1 amide bonds. The molecule has 15 heavy (non-hydrogen) atoms. The number of aliphatic carboxylic acids is 1. The molecule has 0 spiro atoms. The standard InChI is InChI=1S/C10H17NO3S/c1-7(6-15)9(12)11-5-3-2-4-8(11)10(13)14/h7-8,15H,2-6H2,1H3,(H,13,14)/t7-,8-/m1/s1. The average Bonchev–Trinajstić information content (AvgIpc) is 2.27. The zero-order valence-electron chi connectivity index (χ0n) is 8.85. The maximum absolute atomic E-state index is 11.9. The van der Waals surface area contributed by atoms with Gasteiger partial charge in [0.15, 0.2) is 0 Å². The van der Waals surface area contributed by atoms with Crippen LogP contribution in [0.4, 0.5) is 0 Å². The lowest BCUT2D eigenvalue weighted by Gasteiger charge is -2.34. The minimum absolute atomic E-state index is 0.0860. The third-order valence-corrected chi connectivity index (χ3v) is 3.31. The van der Waals surface area contributed by atoms with Gasteiger partial charge in [0.25, 0.3) is 0 Å². The number of nitrogens with zero attached hydrogens (tertiary/aromatic N) is 1. The summed E-state index contributed by atoms with van der Waals surface area (Å²) in [6, 6.07) is -0.631. The summed E-state index contributed by atoms with van der Waals surface area (Å²) in [4.78, 5) is 24.3. The van der Waals surface area contributed by atoms with E-state index in [1.54, 1.807) is 6.92 Å². The summed E-state index contributed by atoms with van der Waals surface area (Å²) in [5.41, 5.74) is 0. The van der Waals surface area contributed by atoms with E-state index in [0.29, 0.717) is 18.7 Å². The monoisotopic (exact) mass is 231 g/mol. The summed E-state index contributed by atoms with van der Waals surface area (Å²) < 4.78 is 0. The van der Waals surface area contributed by atoms with E-state index in [1.165, 1.54) is 4.90 Å². The highest BCUT2D eigenvalue weighted by molar-refractivity contribution is 7.80. The largest absolute Gasteiger partial charge is 0.480 e. The lowest BCUT2D eigenvalue weighted by molar-refractivity contribution is -0.153. The molecule has 4 nitrogen and oxygen atoms in total. The summed E-state index contributed by atoms with van der Waals surface area (Å²) in [6.45, 7) is 2.34. The second kappa shape index (κ2) is 5.39. The van der Waals surface area contributed by atoms with Crippen molar-refractivity contribution in [1.82, 2.24) is 4.90 Å². The zero-order valence-corrected chi connectivity index (χ0v) is 9.74. The van der Waals surface area contributed by atoms with Crippen molar-refractivity contribution in [3.8, 4) is 0 Å². The van der Waals surface area contributed by atoms with Crippen LogP contribution < -0.4 is 0 Å². The molecule has 0 aromatic rings. The minimum Gasteiger partial charge on any atom is -0.480 e. The topological polar surface area (TPSA) is 57.6 Å². The van der Waals surface area contributed by atoms with Crippen LogP contribution in [0.3, 0.4) is 0 Å². The molecule has 1 fully saturated rings. The molecule has 1 saturated heterocycles. The Morgan fingerprint density at radius 3 is 2.73 bits per heavy atom. The maximum atomic E-state index is 11.9. The van der Waals surface area contributed by atoms with Gasteiger partial charge in [-0.15, -0.1) is 0 Å². The van der Waals surface area contributed by atoms with Crippen molar-refractivity contribution in [3.05, 3.63) is 0 Å². The number of amides is 1. The van der Waals surface area contributed by atoms with Gasteiger partial charge in [-0.25, -0.2) is 4.79 Å². The Bertz CT molecular complexity index is 257. The molecule has 1 heterocycles. The number of piperidine rings is 1. The number of likely N-dealkylation sites (tertiary alicyclic amines) is 1. The summed E-state index contributed by atoms with van der Waals surface area (Å²) in [5, 5.41) is 9.00. The minimum atomic E-state index is -0.894. The Labute approximate surface area is 95.1 Å². The summed E-state index contributed by atoms with van der Waals surface area (Å²) in [7, 11) is 0. The van der Waals surface area contributed by atoms with Gasteiger partial charge in [-0.1, -0.05) is 6.92 Å². The van der Waals surface area contributed by atoms with Crippen molar-refractivity contribution in [3.63, 3.8) is 0 Å². The highest BCUT2D eigenvalue weighted by Crippen LogP contribution is 2.19. The molecule has 0 unspecified atom stereocenters. The number of carbonyl (C=O) groups is 2. The molecule has 86 valence electrons. The third kappa shape index (κ3) is 2.87. The van der Waals surface area contributed by atoms with E-state index in [0.717, 1.165) is 12.8 Å². The number of hydrogen-bond donors (Lipinski definition) is 2. The van der Waals surface area contributed by atoms with Crippen molar-refractivity contribution in [2.45, 2.75) is 32.2 Å². The lowest BCUT2D eigenvalue weighted by Crippen LogP contribution is -2.50. The Morgan fingerprint density at radius 1 is 1.53 bits per heavy atom. The van der Waals surface area contributed by atoms with Crippen molar-refractivity contribution in [1.29, 1.82) is 0 Å². The first kappa shape index (κ1) is 12.4. The summed E-state index contributed by atoms with van der Waals surface area (Å²) >= 11 is 4.06. The van der Waals surface area contributed by atoms with Gasteiger partial charge in [0, 0.05) is 18.2 Å². The molecule has 0 radical (unpaired) electrons. The maximum Gasteiger partial charge on any atom is 0.326 e. The van der Waals surface area contributed by atoms with Crippen LogP contribution in [0.25, 0.3) is 0 Å². The molecule has 0 aliphatic carbocycles. The van der Waals surface area contributed by atoms with E-state index in [4.69, 9.17) is 5.11 Å². The van der Waals surface area contributed by atoms with E-state index in [1.807, 2.05) is 0 Å². The number of thiol groups is 1. The first-order valence-electron chi connectivity index (χ1n) is 5.22. The van der Waals surface area contributed by atoms with E-state index in [2.05, 4.69) is 12.6 Å². The molecule has 1 aliphatic heterocycles. The van der Waals surface area contributed by atoms with Crippen molar-refractivity contribution in [2.24, 2.45) is 5.92 Å². The normalized spacial score (nSPS) is 23.6. The zero-order chi connectivity index (χ0) is 11.4. The van der Waals surface area contributed by atoms with Crippen LogP contribution >= 0.6 is 12.6 Å². The van der Waals surface area contributed by atoms with Gasteiger partial charge in [0.05, 0.1) is 0 Å². The highest BCUT2D eigenvalue weighted by atomic mass is 32.1. The SMILES string of the molecule is C[C@H](CS)C(=O)N1CCCC[C@@H]1C(=O)O. The molecule has 0 aromatic heterocycles. The van der Waals surface area contributed by atoms with E-state index < -0.39 is 12.0 Å². The van der Waals surface area contributed by atoms with Gasteiger partial charge in [-0.2, -0.15) is 12.6 Å². The number of carboxylic acid groups (broad SMARTS) is 1. The average molecular weight is 231 g/mol. The van der Waals surface area contributed by atoms with Crippen molar-refractivity contribution < 1.29 is 14.7 Å². The van der Waals surface area contributed by atoms with Gasteiger partial charge < -0.3 is 10.0 Å². The molecular weight excluding hydrogens is 214 g/mol. The summed E-state index contributed by atoms with van der Waals surface area (Å²) in [6.07, 6.45) is 2.35. The Morgan fingerprint density at radius 2 is 2.20 bits per heavy atom. The number of carbonyl (C=O) groups excluding carboxylic acids is 1. The fourth-order valence-electron chi connectivity index (χ4n) is 1.81. The van der Waals surface area contributed by atoms with Crippen LogP contribution in [0.5, 0.6) is 0 Å². The fourth-order valence-corrected chi connectivity index (χ4v) is 1.97. The van der Waals surface area contributed by atoms with Crippen LogP contribution in [0.2, 0.25) is 0 Å². The van der Waals surface area contributed by atoms with Gasteiger partial charge in [0.1, 0.15) is 6.04 Å². The van der Waals surface area contributed by atoms with Crippen molar-refractivity contribution >= 4 is 24.5 Å². The molecular formula is C10H17NO3S. The molecule has 0 saturated carbocycles. The third-order valence-electron chi connectivity index (χ3n) is 2.77. The van der Waals surface area contributed by atoms with Gasteiger partial charge in [0.2, 0.25) is 5.91 Å². The van der Waals surface area contributed by atoms with Gasteiger partial charge >= 0.3 is 5.97 Å². The molecule has 0 bridgehead atoms. The first-order chi connectivity index (χ1) is 7.07. The van der Waals surface area contributed by atoms with Gasteiger partial charge in [-0.3, -0.25) is 4.79 Å². The van der Waals surface area contributed by atoms with Crippen LogP contribution in [0.1, 0.15) is 26.2 Å². The number of rotatable bonds is 3. The molecule has 1 aliphatic rings. The molecule has 5 heteroatoms. The molecule has 1 rings (SSSR count). The highest BCUT2D eigenvalue weighted by Gasteiger charge is 2.33. The smallest absolute Gasteiger partial charge is 0.326 e. The van der Waals surface area contributed by atoms with Crippen LogP contribution in [-0.4, -0.2) is 40.2 Å². The quantitative estimate of drug-likeness (QED) is 0.713. The fraction of sp³-hybridized carbons (Fsp3) is 0.800. The molecule has 0 aromatic carbocycles. The van der Waals surface area contributed by atoms with E-state index in [9.17, 15) is 9.59 Å². The summed E-state index contributed by atoms with van der Waals surface area (Å²) in [5.74, 6) is -0.721. The Kier molecular flexibility index (Phi) is 4.45. The number of hydrogen-bond acceptors (Lipinski definition) is 3. The molecule has 2 atom stereocenters. The Balaban J connectivity index is 2.71. The van der Waals surface area contributed by atoms with Crippen LogP contribution in [0, 0.1) is 5.92 Å². The predicted molar refractivity (Wildman–Crippen MR) is 60.0 cm³/mol. The second-order valence-corrected chi connectivity index (χ2v) is 4.33. The molecule has 1 N–H and O–H groups in total. The van der Waals surface area contributed by atoms with Crippen LogP contribution in [-0.2, 0) is 9.59 Å². The van der Waals surface area contributed by atoms with Crippen molar-refractivity contribution in [2.75, 3.05) is 12.3 Å². The first-order valence-corrected chi connectivity index (χ1v) is 5.85. The van der Waals surface area contributed by atoms with Crippen LogP contribution in [0.15, 0.2) is 0 Å². The van der Waals surface area contributed by atoms with Gasteiger partial charge in [-0.05, 0) is 19.3 Å². The lowest BCUT2D eigenvalue weighted by atomic mass is 10.0. The second-order valence-electron chi connectivity index (χ2n) is 3.97.